The highest BCUT2D eigenvalue weighted by atomic mass is 32.2. The van der Waals surface area contributed by atoms with Gasteiger partial charge in [0, 0.05) is 12.7 Å². The van der Waals surface area contributed by atoms with Gasteiger partial charge in [0.15, 0.2) is 0 Å². The maximum Gasteiger partial charge on any atom is 0.264 e. The summed E-state index contributed by atoms with van der Waals surface area (Å²) in [5.74, 6) is 5.25. The fraction of sp³-hybridized carbons (Fsp3) is 0.0714. The summed E-state index contributed by atoms with van der Waals surface area (Å²) in [6.07, 6.45) is 0. The van der Waals surface area contributed by atoms with Gasteiger partial charge in [-0.2, -0.15) is 5.26 Å². The molecule has 0 saturated carbocycles. The van der Waals surface area contributed by atoms with Crippen LogP contribution < -0.4 is 15.6 Å². The smallest absolute Gasteiger partial charge is 0.264 e. The number of nitrogen functional groups attached to an aromatic ring is 1. The van der Waals surface area contributed by atoms with Gasteiger partial charge in [0.2, 0.25) is 0 Å². The SMILES string of the molecule is CN(c1ccc(C#N)cc1)S(=O)(=O)c1ccc(NN)cc1. The average molecular weight is 302 g/mol. The van der Waals surface area contributed by atoms with E-state index in [4.69, 9.17) is 11.1 Å². The fourth-order valence-corrected chi connectivity index (χ4v) is 2.96. The van der Waals surface area contributed by atoms with Gasteiger partial charge in [0.1, 0.15) is 0 Å². The van der Waals surface area contributed by atoms with Crippen LogP contribution in [0.25, 0.3) is 0 Å². The van der Waals surface area contributed by atoms with Gasteiger partial charge in [-0.05, 0) is 48.5 Å². The average Bonchev–Trinajstić information content (AvgIpc) is 2.54. The lowest BCUT2D eigenvalue weighted by Gasteiger charge is -2.19. The minimum atomic E-state index is -3.65. The summed E-state index contributed by atoms with van der Waals surface area (Å²) >= 11 is 0. The molecule has 7 heteroatoms. The molecule has 0 saturated heterocycles. The van der Waals surface area contributed by atoms with Crippen molar-refractivity contribution in [3.8, 4) is 6.07 Å². The number of nitrogens with two attached hydrogens (primary N) is 1. The zero-order valence-corrected chi connectivity index (χ0v) is 12.1. The third-order valence-electron chi connectivity index (χ3n) is 3.04. The largest absolute Gasteiger partial charge is 0.324 e. The molecule has 0 atom stereocenters. The molecule has 0 aliphatic carbocycles. The van der Waals surface area contributed by atoms with Crippen LogP contribution in [-0.2, 0) is 10.0 Å². The van der Waals surface area contributed by atoms with Crippen LogP contribution >= 0.6 is 0 Å². The Morgan fingerprint density at radius 2 is 1.67 bits per heavy atom. The molecule has 0 fully saturated rings. The number of rotatable bonds is 4. The van der Waals surface area contributed by atoms with E-state index in [-0.39, 0.29) is 4.90 Å². The third-order valence-corrected chi connectivity index (χ3v) is 4.84. The summed E-state index contributed by atoms with van der Waals surface area (Å²) in [4.78, 5) is 0.161. The highest BCUT2D eigenvalue weighted by molar-refractivity contribution is 7.92. The first-order valence-electron chi connectivity index (χ1n) is 6.05. The lowest BCUT2D eigenvalue weighted by atomic mass is 10.2. The minimum absolute atomic E-state index is 0.161. The molecule has 0 amide bonds. The van der Waals surface area contributed by atoms with E-state index in [2.05, 4.69) is 5.43 Å². The molecule has 0 aromatic heterocycles. The molecular weight excluding hydrogens is 288 g/mol. The zero-order valence-electron chi connectivity index (χ0n) is 11.3. The standard InChI is InChI=1S/C14H14N4O2S/c1-18(13-6-2-11(10-15)3-7-13)21(19,20)14-8-4-12(17-16)5-9-14/h2-9,17H,16H2,1H3. The molecule has 108 valence electrons. The quantitative estimate of drug-likeness (QED) is 0.661. The van der Waals surface area contributed by atoms with Gasteiger partial charge in [-0.1, -0.05) is 0 Å². The van der Waals surface area contributed by atoms with Crippen LogP contribution in [0.5, 0.6) is 0 Å². The highest BCUT2D eigenvalue weighted by Gasteiger charge is 2.21. The molecule has 0 heterocycles. The van der Waals surface area contributed by atoms with Gasteiger partial charge in [-0.15, -0.1) is 0 Å². The van der Waals surface area contributed by atoms with Crippen molar-refractivity contribution in [1.82, 2.24) is 0 Å². The molecular formula is C14H14N4O2S. The van der Waals surface area contributed by atoms with Crippen LogP contribution in [0.15, 0.2) is 53.4 Å². The number of anilines is 2. The molecule has 2 rings (SSSR count). The topological polar surface area (TPSA) is 99.2 Å². The van der Waals surface area contributed by atoms with Gasteiger partial charge in [-0.3, -0.25) is 10.1 Å². The minimum Gasteiger partial charge on any atom is -0.324 e. The first-order valence-corrected chi connectivity index (χ1v) is 7.49. The van der Waals surface area contributed by atoms with Crippen molar-refractivity contribution in [2.24, 2.45) is 5.84 Å². The molecule has 0 spiro atoms. The van der Waals surface area contributed by atoms with E-state index >= 15 is 0 Å². The fourth-order valence-electron chi connectivity index (χ4n) is 1.77. The summed E-state index contributed by atoms with van der Waals surface area (Å²) in [7, 11) is -2.19. The van der Waals surface area contributed by atoms with Crippen molar-refractivity contribution in [3.05, 3.63) is 54.1 Å². The molecule has 3 N–H and O–H groups in total. The summed E-state index contributed by atoms with van der Waals surface area (Å²) in [6, 6.07) is 14.4. The predicted octanol–water partition coefficient (Wildman–Crippen LogP) is 1.67. The second-order valence-electron chi connectivity index (χ2n) is 4.30. The van der Waals surface area contributed by atoms with Gasteiger partial charge < -0.3 is 5.43 Å². The van der Waals surface area contributed by atoms with Crippen LogP contribution in [0.4, 0.5) is 11.4 Å². The normalized spacial score (nSPS) is 10.7. The number of benzene rings is 2. The third kappa shape index (κ3) is 2.97. The Bertz CT molecular complexity index is 762. The maximum atomic E-state index is 12.5. The Morgan fingerprint density at radius 1 is 1.10 bits per heavy atom. The number of hydrogen-bond acceptors (Lipinski definition) is 5. The van der Waals surface area contributed by atoms with E-state index in [0.717, 1.165) is 0 Å². The van der Waals surface area contributed by atoms with E-state index in [1.807, 2.05) is 6.07 Å². The molecule has 2 aromatic rings. The summed E-state index contributed by atoms with van der Waals surface area (Å²) in [5.41, 5.74) is 4.02. The molecule has 0 bridgehead atoms. The van der Waals surface area contributed by atoms with Crippen molar-refractivity contribution >= 4 is 21.4 Å². The first kappa shape index (κ1) is 14.8. The lowest BCUT2D eigenvalue weighted by molar-refractivity contribution is 0.594. The van der Waals surface area contributed by atoms with E-state index in [9.17, 15) is 8.42 Å². The second-order valence-corrected chi connectivity index (χ2v) is 6.27. The number of nitrogens with one attached hydrogen (secondary N) is 1. The zero-order chi connectivity index (χ0) is 15.5. The molecule has 0 aliphatic rings. The Labute approximate surface area is 123 Å². The van der Waals surface area contributed by atoms with E-state index in [0.29, 0.717) is 16.9 Å². The molecule has 2 aromatic carbocycles. The maximum absolute atomic E-state index is 12.5. The Hall–Kier alpha value is -2.56. The van der Waals surface area contributed by atoms with E-state index < -0.39 is 10.0 Å². The molecule has 0 radical (unpaired) electrons. The number of sulfonamides is 1. The Balaban J connectivity index is 2.34. The highest BCUT2D eigenvalue weighted by Crippen LogP contribution is 2.23. The van der Waals surface area contributed by atoms with E-state index in [1.165, 1.54) is 23.5 Å². The van der Waals surface area contributed by atoms with Crippen LogP contribution in [0, 0.1) is 11.3 Å². The van der Waals surface area contributed by atoms with Gasteiger partial charge in [0.25, 0.3) is 10.0 Å². The summed E-state index contributed by atoms with van der Waals surface area (Å²) in [5, 5.41) is 8.76. The lowest BCUT2D eigenvalue weighted by Crippen LogP contribution is -2.26. The predicted molar refractivity (Wildman–Crippen MR) is 81.0 cm³/mol. The Kier molecular flexibility index (Phi) is 4.12. The van der Waals surface area contributed by atoms with Crippen molar-refractivity contribution in [1.29, 1.82) is 5.26 Å². The number of nitriles is 1. The second kappa shape index (κ2) is 5.83. The number of nitrogens with zero attached hydrogens (tertiary/aromatic N) is 2. The van der Waals surface area contributed by atoms with Crippen molar-refractivity contribution in [2.45, 2.75) is 4.90 Å². The molecule has 0 aliphatic heterocycles. The van der Waals surface area contributed by atoms with Gasteiger partial charge >= 0.3 is 0 Å². The molecule has 21 heavy (non-hydrogen) atoms. The molecule has 6 nitrogen and oxygen atoms in total. The van der Waals surface area contributed by atoms with Gasteiger partial charge in [0.05, 0.1) is 22.2 Å². The van der Waals surface area contributed by atoms with E-state index in [1.54, 1.807) is 36.4 Å². The monoisotopic (exact) mass is 302 g/mol. The van der Waals surface area contributed by atoms with Crippen molar-refractivity contribution in [2.75, 3.05) is 16.8 Å². The number of hydrogen-bond donors (Lipinski definition) is 2. The van der Waals surface area contributed by atoms with Crippen LogP contribution in [-0.4, -0.2) is 15.5 Å². The summed E-state index contributed by atoms with van der Waals surface area (Å²) < 4.78 is 26.2. The van der Waals surface area contributed by atoms with Gasteiger partial charge in [-0.25, -0.2) is 8.42 Å². The summed E-state index contributed by atoms with van der Waals surface area (Å²) in [6.45, 7) is 0. The van der Waals surface area contributed by atoms with Crippen LogP contribution in [0.1, 0.15) is 5.56 Å². The number of hydrazine groups is 1. The molecule has 0 unspecified atom stereocenters. The van der Waals surface area contributed by atoms with Crippen molar-refractivity contribution < 1.29 is 8.42 Å². The van der Waals surface area contributed by atoms with Crippen LogP contribution in [0.2, 0.25) is 0 Å². The Morgan fingerprint density at radius 3 is 2.14 bits per heavy atom. The van der Waals surface area contributed by atoms with Crippen molar-refractivity contribution in [3.63, 3.8) is 0 Å². The first-order chi connectivity index (χ1) is 9.98. The van der Waals surface area contributed by atoms with Crippen LogP contribution in [0.3, 0.4) is 0 Å².